The van der Waals surface area contributed by atoms with Gasteiger partial charge in [0.2, 0.25) is 0 Å². The Morgan fingerprint density at radius 2 is 1.88 bits per heavy atom. The Kier molecular flexibility index (Phi) is 4.75. The maximum Gasteiger partial charge on any atom is 0.263 e. The van der Waals surface area contributed by atoms with Crippen LogP contribution in [0.2, 0.25) is 0 Å². The first-order valence-electron chi connectivity index (χ1n) is 8.86. The number of aromatic nitrogens is 4. The first-order valence-corrected chi connectivity index (χ1v) is 8.86. The molecule has 1 aliphatic rings. The highest BCUT2D eigenvalue weighted by molar-refractivity contribution is 5.73. The third kappa shape index (κ3) is 3.81. The van der Waals surface area contributed by atoms with E-state index in [9.17, 15) is 0 Å². The molecule has 0 radical (unpaired) electrons. The van der Waals surface area contributed by atoms with Crippen LogP contribution in [0.25, 0.3) is 5.57 Å². The van der Waals surface area contributed by atoms with Gasteiger partial charge in [-0.25, -0.2) is 0 Å². The van der Waals surface area contributed by atoms with Crippen molar-refractivity contribution in [2.45, 2.75) is 25.4 Å². The summed E-state index contributed by atoms with van der Waals surface area (Å²) in [6, 6.07) is 18.6. The Bertz CT molecular complexity index is 899. The van der Waals surface area contributed by atoms with Gasteiger partial charge in [0.15, 0.2) is 0 Å². The summed E-state index contributed by atoms with van der Waals surface area (Å²) in [6.07, 6.45) is 4.11. The Morgan fingerprint density at radius 1 is 1.08 bits per heavy atom. The van der Waals surface area contributed by atoms with E-state index in [0.717, 1.165) is 18.4 Å². The summed E-state index contributed by atoms with van der Waals surface area (Å²) in [4.78, 5) is 1.58. The number of allylic oxidation sites excluding steroid dienone is 1. The summed E-state index contributed by atoms with van der Waals surface area (Å²) >= 11 is 0. The molecule has 0 aliphatic heterocycles. The smallest absolute Gasteiger partial charge is 0.263 e. The highest BCUT2D eigenvalue weighted by Gasteiger charge is 2.16. The van der Waals surface area contributed by atoms with Crippen molar-refractivity contribution in [1.82, 2.24) is 20.2 Å². The minimum Gasteiger partial charge on any atom is -0.350 e. The summed E-state index contributed by atoms with van der Waals surface area (Å²) in [5, 5.41) is 15.7. The molecule has 4 rings (SSSR count). The number of anilines is 1. The van der Waals surface area contributed by atoms with Gasteiger partial charge in [0.1, 0.15) is 0 Å². The maximum atomic E-state index is 6.30. The number of nitrogens with two attached hydrogens (primary N) is 1. The van der Waals surface area contributed by atoms with Gasteiger partial charge in [0.05, 0.1) is 6.54 Å². The lowest BCUT2D eigenvalue weighted by atomic mass is 10.0. The number of rotatable bonds is 7. The van der Waals surface area contributed by atoms with E-state index in [1.54, 1.807) is 4.80 Å². The van der Waals surface area contributed by atoms with E-state index >= 15 is 0 Å². The van der Waals surface area contributed by atoms with Crippen LogP contribution in [0.15, 0.2) is 60.7 Å². The number of hydrogen-bond donors (Lipinski definition) is 2. The van der Waals surface area contributed by atoms with Crippen LogP contribution in [0.5, 0.6) is 0 Å². The SMILES string of the molecule is N[C@H](CNc1nnn(Cc2ccccc2)n1)CC1=CCc2ccccc21. The predicted molar refractivity (Wildman–Crippen MR) is 103 cm³/mol. The predicted octanol–water partition coefficient (Wildman–Crippen LogP) is 2.49. The van der Waals surface area contributed by atoms with Crippen molar-refractivity contribution in [3.63, 3.8) is 0 Å². The van der Waals surface area contributed by atoms with Crippen LogP contribution in [-0.4, -0.2) is 32.8 Å². The third-order valence-electron chi connectivity index (χ3n) is 4.56. The van der Waals surface area contributed by atoms with E-state index in [4.69, 9.17) is 5.73 Å². The molecule has 3 aromatic rings. The van der Waals surface area contributed by atoms with Gasteiger partial charge in [0.25, 0.3) is 5.95 Å². The molecule has 26 heavy (non-hydrogen) atoms. The van der Waals surface area contributed by atoms with Gasteiger partial charge in [-0.05, 0) is 40.3 Å². The largest absolute Gasteiger partial charge is 0.350 e. The lowest BCUT2D eigenvalue weighted by Crippen LogP contribution is -2.29. The molecular formula is C20H22N6. The van der Waals surface area contributed by atoms with E-state index in [-0.39, 0.29) is 6.04 Å². The lowest BCUT2D eigenvalue weighted by molar-refractivity contribution is 0.572. The molecule has 6 heteroatoms. The third-order valence-corrected chi connectivity index (χ3v) is 4.56. The molecule has 132 valence electrons. The monoisotopic (exact) mass is 346 g/mol. The molecule has 0 saturated heterocycles. The molecular weight excluding hydrogens is 324 g/mol. The number of nitrogens with one attached hydrogen (secondary N) is 1. The van der Waals surface area contributed by atoms with Crippen LogP contribution < -0.4 is 11.1 Å². The van der Waals surface area contributed by atoms with Crippen LogP contribution >= 0.6 is 0 Å². The van der Waals surface area contributed by atoms with Crippen LogP contribution in [0.3, 0.4) is 0 Å². The quantitative estimate of drug-likeness (QED) is 0.687. The Labute approximate surface area is 152 Å². The normalized spacial score (nSPS) is 14.0. The number of fused-ring (bicyclic) bond motifs is 1. The molecule has 6 nitrogen and oxygen atoms in total. The molecule has 0 unspecified atom stereocenters. The zero-order chi connectivity index (χ0) is 17.8. The molecule has 1 aliphatic carbocycles. The fourth-order valence-electron chi connectivity index (χ4n) is 3.25. The Hall–Kier alpha value is -2.99. The van der Waals surface area contributed by atoms with Gasteiger partial charge in [0, 0.05) is 12.6 Å². The second kappa shape index (κ2) is 7.49. The van der Waals surface area contributed by atoms with Crippen molar-refractivity contribution in [1.29, 1.82) is 0 Å². The van der Waals surface area contributed by atoms with Gasteiger partial charge in [-0.15, -0.1) is 5.10 Å². The highest BCUT2D eigenvalue weighted by Crippen LogP contribution is 2.29. The van der Waals surface area contributed by atoms with Crippen LogP contribution in [0, 0.1) is 0 Å². The Balaban J connectivity index is 1.29. The maximum absolute atomic E-state index is 6.30. The second-order valence-corrected chi connectivity index (χ2v) is 6.56. The summed E-state index contributed by atoms with van der Waals surface area (Å²) < 4.78 is 0. The Morgan fingerprint density at radius 3 is 2.77 bits per heavy atom. The zero-order valence-corrected chi connectivity index (χ0v) is 14.5. The molecule has 1 aromatic heterocycles. The van der Waals surface area contributed by atoms with Crippen molar-refractivity contribution in [3.8, 4) is 0 Å². The van der Waals surface area contributed by atoms with E-state index in [1.807, 2.05) is 30.3 Å². The van der Waals surface area contributed by atoms with Gasteiger partial charge >= 0.3 is 0 Å². The minimum absolute atomic E-state index is 0.00604. The molecule has 2 aromatic carbocycles. The second-order valence-electron chi connectivity index (χ2n) is 6.56. The van der Waals surface area contributed by atoms with E-state index in [1.165, 1.54) is 16.7 Å². The molecule has 0 spiro atoms. The number of tetrazole rings is 1. The summed E-state index contributed by atoms with van der Waals surface area (Å²) in [5.41, 5.74) is 11.5. The van der Waals surface area contributed by atoms with Gasteiger partial charge in [-0.1, -0.05) is 65.8 Å². The summed E-state index contributed by atoms with van der Waals surface area (Å²) in [5.74, 6) is 0.511. The topological polar surface area (TPSA) is 81.6 Å². The minimum atomic E-state index is -0.00604. The fourth-order valence-corrected chi connectivity index (χ4v) is 3.25. The molecule has 1 heterocycles. The van der Waals surface area contributed by atoms with Crippen molar-refractivity contribution in [3.05, 3.63) is 77.4 Å². The van der Waals surface area contributed by atoms with Crippen molar-refractivity contribution in [2.24, 2.45) is 5.73 Å². The molecule has 0 saturated carbocycles. The lowest BCUT2D eigenvalue weighted by Gasteiger charge is -2.13. The van der Waals surface area contributed by atoms with Crippen LogP contribution in [0.1, 0.15) is 23.1 Å². The summed E-state index contributed by atoms with van der Waals surface area (Å²) in [7, 11) is 0. The molecule has 0 bridgehead atoms. The standard InChI is InChI=1S/C20H22N6/c21-18(12-17-11-10-16-8-4-5-9-19(16)17)13-22-20-23-25-26(24-20)14-15-6-2-1-3-7-15/h1-9,11,18H,10,12-14,21H2,(H,22,24)/t18-/m0/s1. The average Bonchev–Trinajstić information content (AvgIpc) is 3.28. The van der Waals surface area contributed by atoms with Crippen molar-refractivity contribution < 1.29 is 0 Å². The average molecular weight is 346 g/mol. The van der Waals surface area contributed by atoms with Gasteiger partial charge in [-0.2, -0.15) is 4.80 Å². The first-order chi connectivity index (χ1) is 12.8. The number of benzene rings is 2. The molecule has 1 atom stereocenters. The van der Waals surface area contributed by atoms with Crippen LogP contribution in [-0.2, 0) is 13.0 Å². The fraction of sp³-hybridized carbons (Fsp3) is 0.250. The zero-order valence-electron chi connectivity index (χ0n) is 14.5. The van der Waals surface area contributed by atoms with Crippen molar-refractivity contribution >= 4 is 11.5 Å². The first kappa shape index (κ1) is 16.5. The van der Waals surface area contributed by atoms with Gasteiger partial charge in [-0.3, -0.25) is 0 Å². The van der Waals surface area contributed by atoms with Crippen molar-refractivity contribution in [2.75, 3.05) is 11.9 Å². The summed E-state index contributed by atoms with van der Waals surface area (Å²) in [6.45, 7) is 1.21. The highest BCUT2D eigenvalue weighted by atomic mass is 15.6. The van der Waals surface area contributed by atoms with Gasteiger partial charge < -0.3 is 11.1 Å². The van der Waals surface area contributed by atoms with E-state index in [2.05, 4.69) is 51.1 Å². The number of nitrogens with zero attached hydrogens (tertiary/aromatic N) is 4. The van der Waals surface area contributed by atoms with E-state index < -0.39 is 0 Å². The molecule has 0 fully saturated rings. The van der Waals surface area contributed by atoms with Crippen LogP contribution in [0.4, 0.5) is 5.95 Å². The number of hydrogen-bond acceptors (Lipinski definition) is 5. The molecule has 0 amide bonds. The molecule has 3 N–H and O–H groups in total. The van der Waals surface area contributed by atoms with E-state index in [0.29, 0.717) is 19.0 Å².